The molecule has 3 aliphatic rings. The lowest BCUT2D eigenvalue weighted by Gasteiger charge is -2.54. The van der Waals surface area contributed by atoms with E-state index in [2.05, 4.69) is 17.5 Å². The van der Waals surface area contributed by atoms with E-state index in [9.17, 15) is 10.2 Å². The van der Waals surface area contributed by atoms with Crippen molar-refractivity contribution >= 4 is 0 Å². The average molecular weight is 257 g/mol. The summed E-state index contributed by atoms with van der Waals surface area (Å²) >= 11 is 0. The fraction of sp³-hybridized carbons (Fsp3) is 0.500. The summed E-state index contributed by atoms with van der Waals surface area (Å²) in [5.74, 6) is 0.802. The number of benzene rings is 1. The zero-order valence-corrected chi connectivity index (χ0v) is 10.8. The molecule has 1 fully saturated rings. The molecule has 2 aliphatic carbocycles. The number of aromatic hydroxyl groups is 1. The van der Waals surface area contributed by atoms with Gasteiger partial charge in [0.05, 0.1) is 6.10 Å². The van der Waals surface area contributed by atoms with E-state index in [1.54, 1.807) is 6.07 Å². The van der Waals surface area contributed by atoms with Crippen LogP contribution in [-0.4, -0.2) is 28.9 Å². The number of aliphatic hydroxyl groups excluding tert-OH is 1. The molecule has 3 nitrogen and oxygen atoms in total. The number of phenolic OH excluding ortho intramolecular Hbond substituents is 1. The van der Waals surface area contributed by atoms with Crippen LogP contribution in [0.5, 0.6) is 5.75 Å². The fourth-order valence-corrected chi connectivity index (χ4v) is 4.57. The van der Waals surface area contributed by atoms with Crippen molar-refractivity contribution in [3.05, 3.63) is 41.5 Å². The maximum atomic E-state index is 10.4. The third kappa shape index (κ3) is 1.46. The highest BCUT2D eigenvalue weighted by Crippen LogP contribution is 2.54. The molecule has 19 heavy (non-hydrogen) atoms. The smallest absolute Gasteiger partial charge is 0.119 e. The molecule has 1 unspecified atom stereocenters. The molecule has 1 saturated heterocycles. The predicted molar refractivity (Wildman–Crippen MR) is 73.2 cm³/mol. The van der Waals surface area contributed by atoms with Crippen molar-refractivity contribution in [2.45, 2.75) is 36.8 Å². The van der Waals surface area contributed by atoms with Gasteiger partial charge in [0.1, 0.15) is 5.75 Å². The summed E-state index contributed by atoms with van der Waals surface area (Å²) in [6.45, 7) is 0.968. The van der Waals surface area contributed by atoms with E-state index in [-0.39, 0.29) is 11.5 Å². The van der Waals surface area contributed by atoms with Crippen molar-refractivity contribution in [3.8, 4) is 5.75 Å². The van der Waals surface area contributed by atoms with Gasteiger partial charge in [-0.25, -0.2) is 0 Å². The van der Waals surface area contributed by atoms with E-state index in [1.807, 2.05) is 12.1 Å². The SMILES string of the molecule is Oc1cccc2c1[C@]13CCN[C@H](C2)[C@@H]1C=CC(O)C3. The number of phenols is 1. The van der Waals surface area contributed by atoms with Crippen LogP contribution in [0.1, 0.15) is 24.0 Å². The standard InChI is InChI=1S/C16H19NO2/c18-11-4-5-12-13-8-10-2-1-3-14(19)15(10)16(12,9-11)6-7-17-13/h1-5,11-13,17-19H,6-9H2/t11?,12-,13+,16-/m0/s1. The maximum Gasteiger partial charge on any atom is 0.119 e. The molecule has 1 aliphatic heterocycles. The Bertz CT molecular complexity index is 554. The number of hydrogen-bond acceptors (Lipinski definition) is 3. The second-order valence-corrected chi connectivity index (χ2v) is 6.16. The van der Waals surface area contributed by atoms with Crippen LogP contribution < -0.4 is 5.32 Å². The molecule has 1 aromatic rings. The quantitative estimate of drug-likeness (QED) is 0.617. The largest absolute Gasteiger partial charge is 0.508 e. The first kappa shape index (κ1) is 11.5. The van der Waals surface area contributed by atoms with Crippen molar-refractivity contribution in [2.24, 2.45) is 5.92 Å². The highest BCUT2D eigenvalue weighted by atomic mass is 16.3. The molecular formula is C16H19NO2. The first-order valence-corrected chi connectivity index (χ1v) is 7.12. The highest BCUT2D eigenvalue weighted by molar-refractivity contribution is 5.51. The van der Waals surface area contributed by atoms with Crippen molar-refractivity contribution in [3.63, 3.8) is 0 Å². The molecule has 4 atom stereocenters. The molecule has 4 rings (SSSR count). The zero-order chi connectivity index (χ0) is 13.0. The first-order valence-electron chi connectivity index (χ1n) is 7.12. The van der Waals surface area contributed by atoms with E-state index in [0.717, 1.165) is 31.4 Å². The second-order valence-electron chi connectivity index (χ2n) is 6.16. The van der Waals surface area contributed by atoms with Crippen LogP contribution in [0, 0.1) is 5.92 Å². The van der Waals surface area contributed by atoms with E-state index in [0.29, 0.717) is 17.7 Å². The van der Waals surface area contributed by atoms with Gasteiger partial charge in [-0.3, -0.25) is 0 Å². The normalized spacial score (nSPS) is 39.5. The van der Waals surface area contributed by atoms with Gasteiger partial charge in [0.25, 0.3) is 0 Å². The summed E-state index contributed by atoms with van der Waals surface area (Å²) in [5.41, 5.74) is 2.26. The lowest BCUT2D eigenvalue weighted by molar-refractivity contribution is 0.0807. The van der Waals surface area contributed by atoms with E-state index >= 15 is 0 Å². The Kier molecular flexibility index (Phi) is 2.32. The van der Waals surface area contributed by atoms with Gasteiger partial charge in [-0.05, 0) is 37.4 Å². The van der Waals surface area contributed by atoms with Crippen LogP contribution in [0.25, 0.3) is 0 Å². The average Bonchev–Trinajstić information content (AvgIpc) is 2.37. The third-order valence-corrected chi connectivity index (χ3v) is 5.23. The fourth-order valence-electron chi connectivity index (χ4n) is 4.57. The minimum Gasteiger partial charge on any atom is -0.508 e. The summed E-state index contributed by atoms with van der Waals surface area (Å²) in [4.78, 5) is 0. The van der Waals surface area contributed by atoms with E-state index < -0.39 is 0 Å². The molecule has 2 bridgehead atoms. The Balaban J connectivity index is 1.97. The van der Waals surface area contributed by atoms with Gasteiger partial charge in [0.2, 0.25) is 0 Å². The summed E-state index contributed by atoms with van der Waals surface area (Å²) < 4.78 is 0. The van der Waals surface area contributed by atoms with Gasteiger partial charge >= 0.3 is 0 Å². The molecule has 0 aromatic heterocycles. The monoisotopic (exact) mass is 257 g/mol. The van der Waals surface area contributed by atoms with Crippen molar-refractivity contribution in [2.75, 3.05) is 6.54 Å². The Morgan fingerprint density at radius 1 is 1.26 bits per heavy atom. The molecule has 100 valence electrons. The number of fused-ring (bicyclic) bond motifs is 1. The molecule has 3 N–H and O–H groups in total. The Morgan fingerprint density at radius 3 is 3.05 bits per heavy atom. The molecule has 0 saturated carbocycles. The molecule has 1 heterocycles. The number of hydrogen-bond donors (Lipinski definition) is 3. The molecule has 1 aromatic carbocycles. The molecular weight excluding hydrogens is 238 g/mol. The van der Waals surface area contributed by atoms with Crippen LogP contribution in [0.3, 0.4) is 0 Å². The van der Waals surface area contributed by atoms with E-state index in [4.69, 9.17) is 0 Å². The van der Waals surface area contributed by atoms with Crippen LogP contribution in [0.15, 0.2) is 30.4 Å². The van der Waals surface area contributed by atoms with Gasteiger partial charge in [0, 0.05) is 22.9 Å². The van der Waals surface area contributed by atoms with Crippen molar-refractivity contribution in [1.82, 2.24) is 5.32 Å². The summed E-state index contributed by atoms with van der Waals surface area (Å²) in [5, 5.41) is 24.0. The minimum absolute atomic E-state index is 0.0803. The van der Waals surface area contributed by atoms with Gasteiger partial charge < -0.3 is 15.5 Å². The maximum absolute atomic E-state index is 10.4. The predicted octanol–water partition coefficient (Wildman–Crippen LogP) is 1.49. The summed E-state index contributed by atoms with van der Waals surface area (Å²) in [6, 6.07) is 6.28. The van der Waals surface area contributed by atoms with Gasteiger partial charge in [-0.15, -0.1) is 0 Å². The number of nitrogens with one attached hydrogen (secondary N) is 1. The van der Waals surface area contributed by atoms with Crippen molar-refractivity contribution in [1.29, 1.82) is 0 Å². The molecule has 0 radical (unpaired) electrons. The number of aliphatic hydroxyl groups is 1. The van der Waals surface area contributed by atoms with Crippen LogP contribution >= 0.6 is 0 Å². The highest BCUT2D eigenvalue weighted by Gasteiger charge is 2.52. The lowest BCUT2D eigenvalue weighted by atomic mass is 9.54. The lowest BCUT2D eigenvalue weighted by Crippen LogP contribution is -2.59. The first-order chi connectivity index (χ1) is 9.21. The minimum atomic E-state index is -0.388. The topological polar surface area (TPSA) is 52.5 Å². The summed E-state index contributed by atoms with van der Waals surface area (Å²) in [7, 11) is 0. The van der Waals surface area contributed by atoms with Gasteiger partial charge in [-0.1, -0.05) is 24.3 Å². The van der Waals surface area contributed by atoms with Crippen LogP contribution in [-0.2, 0) is 11.8 Å². The van der Waals surface area contributed by atoms with Gasteiger partial charge in [0.15, 0.2) is 0 Å². The third-order valence-electron chi connectivity index (χ3n) is 5.23. The van der Waals surface area contributed by atoms with Crippen molar-refractivity contribution < 1.29 is 10.2 Å². The van der Waals surface area contributed by atoms with Crippen LogP contribution in [0.4, 0.5) is 0 Å². The van der Waals surface area contributed by atoms with E-state index in [1.165, 1.54) is 5.56 Å². The van der Waals surface area contributed by atoms with Crippen LogP contribution in [0.2, 0.25) is 0 Å². The molecule has 3 heteroatoms. The summed E-state index contributed by atoms with van der Waals surface area (Å²) in [6.07, 6.45) is 6.39. The molecule has 0 amide bonds. The Morgan fingerprint density at radius 2 is 2.16 bits per heavy atom. The molecule has 0 spiro atoms. The van der Waals surface area contributed by atoms with Gasteiger partial charge in [-0.2, -0.15) is 0 Å². The number of piperidine rings is 1. The zero-order valence-electron chi connectivity index (χ0n) is 10.8. The number of rotatable bonds is 0. The Hall–Kier alpha value is -1.32. The Labute approximate surface area is 113 Å². The second kappa shape index (κ2) is 3.84.